The fourth-order valence-corrected chi connectivity index (χ4v) is 1.05. The van der Waals surface area contributed by atoms with Gasteiger partial charge in [0.15, 0.2) is 0 Å². The number of pyridine rings is 1. The Balaban J connectivity index is 2.79. The average Bonchev–Trinajstić information content (AvgIpc) is 2.17. The van der Waals surface area contributed by atoms with Gasteiger partial charge < -0.3 is 10.5 Å². The van der Waals surface area contributed by atoms with E-state index < -0.39 is 0 Å². The summed E-state index contributed by atoms with van der Waals surface area (Å²) in [5, 5.41) is 0. The van der Waals surface area contributed by atoms with Crippen LogP contribution in [0.5, 0.6) is 5.75 Å². The van der Waals surface area contributed by atoms with Crippen molar-refractivity contribution in [3.63, 3.8) is 0 Å². The highest BCUT2D eigenvalue weighted by atomic mass is 16.5. The first kappa shape index (κ1) is 9.99. The molecule has 0 aliphatic rings. The predicted molar refractivity (Wildman–Crippen MR) is 52.6 cm³/mol. The van der Waals surface area contributed by atoms with Crippen molar-refractivity contribution in [2.24, 2.45) is 11.7 Å². The highest BCUT2D eigenvalue weighted by molar-refractivity contribution is 5.21. The van der Waals surface area contributed by atoms with Gasteiger partial charge >= 0.3 is 0 Å². The van der Waals surface area contributed by atoms with Crippen molar-refractivity contribution < 1.29 is 4.74 Å². The molecule has 0 aliphatic carbocycles. The van der Waals surface area contributed by atoms with E-state index in [1.165, 1.54) is 0 Å². The van der Waals surface area contributed by atoms with Crippen molar-refractivity contribution in [1.29, 1.82) is 0 Å². The monoisotopic (exact) mass is 180 g/mol. The van der Waals surface area contributed by atoms with E-state index in [4.69, 9.17) is 10.5 Å². The van der Waals surface area contributed by atoms with Crippen LogP contribution in [0.25, 0.3) is 0 Å². The van der Waals surface area contributed by atoms with Crippen LogP contribution in [0.1, 0.15) is 25.6 Å². The number of rotatable bonds is 3. The lowest BCUT2D eigenvalue weighted by atomic mass is 10.0. The topological polar surface area (TPSA) is 48.1 Å². The molecule has 1 atom stereocenters. The largest absolute Gasteiger partial charge is 0.495 e. The van der Waals surface area contributed by atoms with E-state index in [1.54, 1.807) is 13.3 Å². The SMILES string of the molecule is COc1ccc(C(N)C(C)C)nc1. The van der Waals surface area contributed by atoms with E-state index in [0.29, 0.717) is 5.92 Å². The molecule has 0 fully saturated rings. The van der Waals surface area contributed by atoms with E-state index in [0.717, 1.165) is 11.4 Å². The van der Waals surface area contributed by atoms with Gasteiger partial charge in [-0.3, -0.25) is 4.98 Å². The second-order valence-corrected chi connectivity index (χ2v) is 3.39. The predicted octanol–water partition coefficient (Wildman–Crippen LogP) is 1.75. The molecule has 2 N–H and O–H groups in total. The third kappa shape index (κ3) is 2.42. The van der Waals surface area contributed by atoms with E-state index in [2.05, 4.69) is 18.8 Å². The summed E-state index contributed by atoms with van der Waals surface area (Å²) >= 11 is 0. The molecule has 0 aromatic carbocycles. The zero-order chi connectivity index (χ0) is 9.84. The normalized spacial score (nSPS) is 13.0. The van der Waals surface area contributed by atoms with Gasteiger partial charge in [-0.15, -0.1) is 0 Å². The van der Waals surface area contributed by atoms with E-state index in [1.807, 2.05) is 12.1 Å². The molecule has 1 rings (SSSR count). The fraction of sp³-hybridized carbons (Fsp3) is 0.500. The van der Waals surface area contributed by atoms with Gasteiger partial charge in [0.2, 0.25) is 0 Å². The van der Waals surface area contributed by atoms with Crippen LogP contribution in [0, 0.1) is 5.92 Å². The zero-order valence-electron chi connectivity index (χ0n) is 8.32. The molecule has 0 saturated carbocycles. The van der Waals surface area contributed by atoms with Gasteiger partial charge in [0.05, 0.1) is 19.0 Å². The lowest BCUT2D eigenvalue weighted by Gasteiger charge is -2.14. The Bertz CT molecular complexity index is 256. The summed E-state index contributed by atoms with van der Waals surface area (Å²) in [4.78, 5) is 4.22. The minimum absolute atomic E-state index is 0.00547. The van der Waals surface area contributed by atoms with Crippen molar-refractivity contribution >= 4 is 0 Å². The summed E-state index contributed by atoms with van der Waals surface area (Å²) in [6.45, 7) is 4.16. The number of hydrogen-bond acceptors (Lipinski definition) is 3. The molecule has 13 heavy (non-hydrogen) atoms. The zero-order valence-corrected chi connectivity index (χ0v) is 8.32. The first-order valence-corrected chi connectivity index (χ1v) is 4.40. The smallest absolute Gasteiger partial charge is 0.137 e. The Labute approximate surface area is 78.9 Å². The van der Waals surface area contributed by atoms with Crippen molar-refractivity contribution in [2.45, 2.75) is 19.9 Å². The lowest BCUT2D eigenvalue weighted by Crippen LogP contribution is -2.17. The Kier molecular flexibility index (Phi) is 3.25. The molecular formula is C10H16N2O. The fourth-order valence-electron chi connectivity index (χ4n) is 1.05. The molecule has 0 aliphatic heterocycles. The van der Waals surface area contributed by atoms with E-state index >= 15 is 0 Å². The number of ether oxygens (including phenoxy) is 1. The molecule has 0 radical (unpaired) electrons. The number of aromatic nitrogens is 1. The second kappa shape index (κ2) is 4.23. The molecule has 72 valence electrons. The Morgan fingerprint density at radius 2 is 2.08 bits per heavy atom. The average molecular weight is 180 g/mol. The number of methoxy groups -OCH3 is 1. The van der Waals surface area contributed by atoms with E-state index in [-0.39, 0.29) is 6.04 Å². The molecule has 0 saturated heterocycles. The summed E-state index contributed by atoms with van der Waals surface area (Å²) in [6.07, 6.45) is 1.69. The lowest BCUT2D eigenvalue weighted by molar-refractivity contribution is 0.411. The van der Waals surface area contributed by atoms with Gasteiger partial charge in [0.1, 0.15) is 5.75 Å². The summed E-state index contributed by atoms with van der Waals surface area (Å²) in [5.41, 5.74) is 6.84. The molecule has 0 bridgehead atoms. The van der Waals surface area contributed by atoms with Crippen LogP contribution in [0.15, 0.2) is 18.3 Å². The van der Waals surface area contributed by atoms with Gasteiger partial charge in [-0.2, -0.15) is 0 Å². The van der Waals surface area contributed by atoms with Crippen molar-refractivity contribution in [1.82, 2.24) is 4.98 Å². The Morgan fingerprint density at radius 1 is 1.38 bits per heavy atom. The molecule has 1 unspecified atom stereocenters. The first-order chi connectivity index (χ1) is 6.15. The minimum atomic E-state index is 0.00547. The number of nitrogens with two attached hydrogens (primary N) is 1. The summed E-state index contributed by atoms with van der Waals surface area (Å²) in [6, 6.07) is 3.79. The van der Waals surface area contributed by atoms with Crippen molar-refractivity contribution in [2.75, 3.05) is 7.11 Å². The van der Waals surface area contributed by atoms with Crippen LogP contribution in [-0.4, -0.2) is 12.1 Å². The maximum Gasteiger partial charge on any atom is 0.137 e. The molecule has 0 spiro atoms. The molecule has 1 aromatic rings. The van der Waals surface area contributed by atoms with Crippen molar-refractivity contribution in [3.8, 4) is 5.75 Å². The van der Waals surface area contributed by atoms with Crippen LogP contribution in [-0.2, 0) is 0 Å². The number of nitrogens with zero attached hydrogens (tertiary/aromatic N) is 1. The first-order valence-electron chi connectivity index (χ1n) is 4.40. The van der Waals surface area contributed by atoms with E-state index in [9.17, 15) is 0 Å². The molecule has 3 heteroatoms. The maximum absolute atomic E-state index is 5.93. The van der Waals surface area contributed by atoms with Gasteiger partial charge in [-0.1, -0.05) is 13.8 Å². The number of hydrogen-bond donors (Lipinski definition) is 1. The third-order valence-corrected chi connectivity index (χ3v) is 2.05. The van der Waals surface area contributed by atoms with Gasteiger partial charge in [0, 0.05) is 6.04 Å². The maximum atomic E-state index is 5.93. The van der Waals surface area contributed by atoms with Crippen LogP contribution in [0.4, 0.5) is 0 Å². The minimum Gasteiger partial charge on any atom is -0.495 e. The van der Waals surface area contributed by atoms with Crippen LogP contribution in [0.2, 0.25) is 0 Å². The highest BCUT2D eigenvalue weighted by Gasteiger charge is 2.11. The summed E-state index contributed by atoms with van der Waals surface area (Å²) in [5.74, 6) is 1.17. The Hall–Kier alpha value is -1.09. The molecule has 3 nitrogen and oxygen atoms in total. The summed E-state index contributed by atoms with van der Waals surface area (Å²) < 4.78 is 5.01. The van der Waals surface area contributed by atoms with Crippen LogP contribution < -0.4 is 10.5 Å². The quantitative estimate of drug-likeness (QED) is 0.770. The second-order valence-electron chi connectivity index (χ2n) is 3.39. The van der Waals surface area contributed by atoms with Crippen molar-refractivity contribution in [3.05, 3.63) is 24.0 Å². The van der Waals surface area contributed by atoms with Crippen LogP contribution in [0.3, 0.4) is 0 Å². The molecular weight excluding hydrogens is 164 g/mol. The molecule has 1 heterocycles. The van der Waals surface area contributed by atoms with Gasteiger partial charge in [-0.05, 0) is 18.1 Å². The van der Waals surface area contributed by atoms with Gasteiger partial charge in [0.25, 0.3) is 0 Å². The molecule has 1 aromatic heterocycles. The van der Waals surface area contributed by atoms with Gasteiger partial charge in [-0.25, -0.2) is 0 Å². The highest BCUT2D eigenvalue weighted by Crippen LogP contribution is 2.18. The standard InChI is InChI=1S/C10H16N2O/c1-7(2)10(11)9-5-4-8(13-3)6-12-9/h4-7,10H,11H2,1-3H3. The summed E-state index contributed by atoms with van der Waals surface area (Å²) in [7, 11) is 1.62. The Morgan fingerprint density at radius 3 is 2.46 bits per heavy atom. The third-order valence-electron chi connectivity index (χ3n) is 2.05. The molecule has 0 amide bonds. The van der Waals surface area contributed by atoms with Crippen LogP contribution >= 0.6 is 0 Å².